The van der Waals surface area contributed by atoms with Gasteiger partial charge in [-0.1, -0.05) is 194 Å². The summed E-state index contributed by atoms with van der Waals surface area (Å²) >= 11 is 0. The Bertz CT molecular complexity index is 876. The molecule has 0 rings (SSSR count). The summed E-state index contributed by atoms with van der Waals surface area (Å²) in [5, 5.41) is 11.7. The maximum absolute atomic E-state index is 12.7. The highest BCUT2D eigenvalue weighted by Crippen LogP contribution is 2.16. The lowest BCUT2D eigenvalue weighted by atomic mass is 10.0. The van der Waals surface area contributed by atoms with Crippen LogP contribution in [0.1, 0.15) is 219 Å². The van der Waals surface area contributed by atoms with E-state index < -0.39 is 24.3 Å². The van der Waals surface area contributed by atoms with Gasteiger partial charge < -0.3 is 33.3 Å². The van der Waals surface area contributed by atoms with Gasteiger partial charge in [0.2, 0.25) is 0 Å². The molecule has 2 unspecified atom stereocenters. The molecule has 0 aromatic carbocycles. The van der Waals surface area contributed by atoms with Crippen molar-refractivity contribution >= 4 is 17.9 Å². The molecule has 0 aliphatic heterocycles. The SMILES string of the molecule is CCCCCCCCCCCCCCCCCCCCC(=O)OC(COC(=O)CCCCCCCCCCCCCC)COC(OCC[N+](C)(C)C)C(=O)[O-]. The van der Waals surface area contributed by atoms with Gasteiger partial charge >= 0.3 is 11.9 Å². The lowest BCUT2D eigenvalue weighted by molar-refractivity contribution is -0.870. The molecule has 0 saturated carbocycles. The highest BCUT2D eigenvalue weighted by atomic mass is 16.7. The molecule has 0 fully saturated rings. The van der Waals surface area contributed by atoms with E-state index >= 15 is 0 Å². The van der Waals surface area contributed by atoms with E-state index in [9.17, 15) is 19.5 Å². The van der Waals surface area contributed by atoms with E-state index in [0.29, 0.717) is 17.4 Å². The first-order valence-electron chi connectivity index (χ1n) is 23.2. The first-order valence-corrected chi connectivity index (χ1v) is 23.2. The number of hydrogen-bond donors (Lipinski definition) is 0. The quantitative estimate of drug-likeness (QED) is 0.0260. The Morgan fingerprint density at radius 3 is 1.16 bits per heavy atom. The third-order valence-corrected chi connectivity index (χ3v) is 10.4. The molecule has 0 N–H and O–H groups in total. The molecule has 9 heteroatoms. The Hall–Kier alpha value is -1.71. The monoisotopic (exact) mass is 784 g/mol. The van der Waals surface area contributed by atoms with Crippen molar-refractivity contribution in [3.05, 3.63) is 0 Å². The Labute approximate surface area is 339 Å². The summed E-state index contributed by atoms with van der Waals surface area (Å²) in [6.45, 7) is 4.77. The number of likely N-dealkylation sites (N-methyl/N-ethyl adjacent to an activating group) is 1. The number of ether oxygens (including phenoxy) is 4. The molecule has 0 aliphatic carbocycles. The van der Waals surface area contributed by atoms with Crippen LogP contribution in [0.2, 0.25) is 0 Å². The summed E-state index contributed by atoms with van der Waals surface area (Å²) in [6, 6.07) is 0. The van der Waals surface area contributed by atoms with E-state index in [1.54, 1.807) is 0 Å². The maximum atomic E-state index is 12.7. The van der Waals surface area contributed by atoms with Crippen LogP contribution in [0, 0.1) is 0 Å². The topological polar surface area (TPSA) is 111 Å². The van der Waals surface area contributed by atoms with Crippen molar-refractivity contribution in [3.63, 3.8) is 0 Å². The summed E-state index contributed by atoms with van der Waals surface area (Å²) < 4.78 is 22.6. The van der Waals surface area contributed by atoms with Gasteiger partial charge in [0.05, 0.1) is 40.3 Å². The molecule has 0 heterocycles. The number of hydrogen-bond acceptors (Lipinski definition) is 8. The summed E-state index contributed by atoms with van der Waals surface area (Å²) in [6.07, 6.45) is 35.6. The lowest BCUT2D eigenvalue weighted by Crippen LogP contribution is -2.44. The fraction of sp³-hybridized carbons (Fsp3) is 0.935. The van der Waals surface area contributed by atoms with Crippen LogP contribution in [0.4, 0.5) is 0 Å². The Morgan fingerprint density at radius 2 is 0.818 bits per heavy atom. The van der Waals surface area contributed by atoms with Gasteiger partial charge in [-0.2, -0.15) is 0 Å². The van der Waals surface area contributed by atoms with Gasteiger partial charge in [0, 0.05) is 12.8 Å². The van der Waals surface area contributed by atoms with Crippen LogP contribution in [0.25, 0.3) is 0 Å². The van der Waals surface area contributed by atoms with Crippen LogP contribution in [0.5, 0.6) is 0 Å². The zero-order chi connectivity index (χ0) is 40.7. The third kappa shape index (κ3) is 40.3. The third-order valence-electron chi connectivity index (χ3n) is 10.4. The molecule has 0 radical (unpaired) electrons. The largest absolute Gasteiger partial charge is 0.545 e. The highest BCUT2D eigenvalue weighted by Gasteiger charge is 2.21. The minimum Gasteiger partial charge on any atom is -0.545 e. The molecular formula is C46H89NO8. The summed E-state index contributed by atoms with van der Waals surface area (Å²) in [4.78, 5) is 36.9. The van der Waals surface area contributed by atoms with Crippen LogP contribution in [-0.2, 0) is 33.3 Å². The second kappa shape index (κ2) is 39.1. The molecular weight excluding hydrogens is 695 g/mol. The number of carbonyl (C=O) groups excluding carboxylic acids is 3. The van der Waals surface area contributed by atoms with Crippen LogP contribution in [-0.4, -0.2) is 82.3 Å². The van der Waals surface area contributed by atoms with Crippen molar-refractivity contribution in [2.75, 3.05) is 47.5 Å². The van der Waals surface area contributed by atoms with Gasteiger partial charge in [-0.15, -0.1) is 0 Å². The highest BCUT2D eigenvalue weighted by molar-refractivity contribution is 5.70. The fourth-order valence-electron chi connectivity index (χ4n) is 6.71. The first kappa shape index (κ1) is 53.3. The molecule has 0 saturated heterocycles. The molecule has 0 aromatic heterocycles. The average molecular weight is 784 g/mol. The number of unbranched alkanes of at least 4 members (excludes halogenated alkanes) is 28. The molecule has 326 valence electrons. The van der Waals surface area contributed by atoms with E-state index in [-0.39, 0.29) is 32.2 Å². The molecule has 9 nitrogen and oxygen atoms in total. The van der Waals surface area contributed by atoms with Crippen molar-refractivity contribution in [1.29, 1.82) is 0 Å². The van der Waals surface area contributed by atoms with Gasteiger partial charge in [0.1, 0.15) is 13.2 Å². The van der Waals surface area contributed by atoms with Gasteiger partial charge in [0.25, 0.3) is 0 Å². The summed E-state index contributed by atoms with van der Waals surface area (Å²) in [7, 11) is 5.92. The molecule has 0 aliphatic rings. The number of quaternary nitrogens is 1. The normalized spacial score (nSPS) is 12.8. The smallest absolute Gasteiger partial charge is 0.306 e. The van der Waals surface area contributed by atoms with E-state index in [4.69, 9.17) is 18.9 Å². The average Bonchev–Trinajstić information content (AvgIpc) is 3.14. The van der Waals surface area contributed by atoms with Gasteiger partial charge in [0.15, 0.2) is 12.4 Å². The van der Waals surface area contributed by atoms with Gasteiger partial charge in [-0.05, 0) is 12.8 Å². The van der Waals surface area contributed by atoms with E-state index in [1.807, 2.05) is 21.1 Å². The summed E-state index contributed by atoms with van der Waals surface area (Å²) in [5.41, 5.74) is 0. The zero-order valence-electron chi connectivity index (χ0n) is 36.8. The van der Waals surface area contributed by atoms with Crippen molar-refractivity contribution in [3.8, 4) is 0 Å². The van der Waals surface area contributed by atoms with Gasteiger partial charge in [-0.3, -0.25) is 9.59 Å². The van der Waals surface area contributed by atoms with Gasteiger partial charge in [-0.25, -0.2) is 0 Å². The Kier molecular flexibility index (Phi) is 37.9. The number of esters is 2. The predicted octanol–water partition coefficient (Wildman–Crippen LogP) is 10.8. The van der Waals surface area contributed by atoms with Crippen LogP contribution in [0.3, 0.4) is 0 Å². The molecule has 0 bridgehead atoms. The minimum atomic E-state index is -1.61. The minimum absolute atomic E-state index is 0.153. The second-order valence-corrected chi connectivity index (χ2v) is 17.1. The first-order chi connectivity index (χ1) is 26.6. The number of carboxylic acids is 1. The van der Waals surface area contributed by atoms with Crippen molar-refractivity contribution < 1.29 is 42.9 Å². The number of nitrogens with zero attached hydrogens (tertiary/aromatic N) is 1. The lowest BCUT2D eigenvalue weighted by Gasteiger charge is -2.26. The summed E-state index contributed by atoms with van der Waals surface area (Å²) in [5.74, 6) is -2.26. The van der Waals surface area contributed by atoms with E-state index in [2.05, 4.69) is 13.8 Å². The zero-order valence-corrected chi connectivity index (χ0v) is 36.8. The number of aliphatic carboxylic acids is 1. The van der Waals surface area contributed by atoms with Crippen LogP contribution in [0.15, 0.2) is 0 Å². The maximum Gasteiger partial charge on any atom is 0.306 e. The van der Waals surface area contributed by atoms with E-state index in [1.165, 1.54) is 154 Å². The molecule has 0 aromatic rings. The Balaban J connectivity index is 4.35. The number of carbonyl (C=O) groups is 3. The standard InChI is InChI=1S/C46H89NO8/c1-6-8-10-12-14-16-18-20-21-22-23-24-25-27-29-31-33-35-37-44(49)55-42(41-54-46(45(50)51)52-39-38-47(3,4)5)40-53-43(48)36-34-32-30-28-26-19-17-15-13-11-9-7-2/h42,46H,6-41H2,1-5H3. The van der Waals surface area contributed by atoms with Crippen LogP contribution < -0.4 is 5.11 Å². The fourth-order valence-corrected chi connectivity index (χ4v) is 6.71. The molecule has 0 amide bonds. The molecule has 55 heavy (non-hydrogen) atoms. The number of carboxylic acid groups (broad SMARTS) is 1. The van der Waals surface area contributed by atoms with Crippen molar-refractivity contribution in [1.82, 2.24) is 0 Å². The Morgan fingerprint density at radius 1 is 0.473 bits per heavy atom. The van der Waals surface area contributed by atoms with Crippen molar-refractivity contribution in [2.45, 2.75) is 232 Å². The molecule has 0 spiro atoms. The van der Waals surface area contributed by atoms with E-state index in [0.717, 1.165) is 38.5 Å². The molecule has 2 atom stereocenters. The van der Waals surface area contributed by atoms with Crippen molar-refractivity contribution in [2.24, 2.45) is 0 Å². The van der Waals surface area contributed by atoms with Crippen LogP contribution >= 0.6 is 0 Å². The second-order valence-electron chi connectivity index (χ2n) is 17.1. The predicted molar refractivity (Wildman–Crippen MR) is 224 cm³/mol. The number of rotatable bonds is 43.